The van der Waals surface area contributed by atoms with Crippen LogP contribution in [0.2, 0.25) is 0 Å². The predicted molar refractivity (Wildman–Crippen MR) is 70.3 cm³/mol. The Labute approximate surface area is 97.8 Å². The van der Waals surface area contributed by atoms with E-state index in [0.717, 1.165) is 11.3 Å². The van der Waals surface area contributed by atoms with Gasteiger partial charge in [0.15, 0.2) is 0 Å². The van der Waals surface area contributed by atoms with E-state index in [4.69, 9.17) is 10.8 Å². The van der Waals surface area contributed by atoms with Crippen LogP contribution in [-0.2, 0) is 5.41 Å². The molecular formula is C14H21NO. The number of nitrogens with two attached hydrogens (primary N) is 1. The first-order valence-electron chi connectivity index (χ1n) is 5.62. The molecule has 1 aromatic rings. The number of aliphatic hydroxyl groups excluding tert-OH is 1. The van der Waals surface area contributed by atoms with Crippen LogP contribution in [0.15, 0.2) is 24.3 Å². The number of hydrogen-bond donors (Lipinski definition) is 2. The van der Waals surface area contributed by atoms with E-state index in [-0.39, 0.29) is 12.0 Å². The van der Waals surface area contributed by atoms with Gasteiger partial charge < -0.3 is 10.8 Å². The zero-order valence-corrected chi connectivity index (χ0v) is 10.3. The van der Waals surface area contributed by atoms with Crippen molar-refractivity contribution in [3.05, 3.63) is 35.4 Å². The van der Waals surface area contributed by atoms with Crippen LogP contribution in [0, 0.1) is 0 Å². The smallest absolute Gasteiger partial charge is 0.0465 e. The zero-order chi connectivity index (χ0) is 12.2. The van der Waals surface area contributed by atoms with Gasteiger partial charge in [-0.3, -0.25) is 0 Å². The third-order valence-corrected chi connectivity index (χ3v) is 2.55. The van der Waals surface area contributed by atoms with Crippen LogP contribution in [0.1, 0.15) is 38.3 Å². The van der Waals surface area contributed by atoms with Gasteiger partial charge in [-0.25, -0.2) is 0 Å². The molecule has 0 spiro atoms. The quantitative estimate of drug-likeness (QED) is 0.768. The summed E-state index contributed by atoms with van der Waals surface area (Å²) < 4.78 is 0. The maximum absolute atomic E-state index is 8.71. The van der Waals surface area contributed by atoms with E-state index in [9.17, 15) is 0 Å². The monoisotopic (exact) mass is 219 g/mol. The third kappa shape index (κ3) is 3.38. The van der Waals surface area contributed by atoms with E-state index in [2.05, 4.69) is 32.9 Å². The fourth-order valence-electron chi connectivity index (χ4n) is 1.47. The van der Waals surface area contributed by atoms with E-state index in [1.807, 2.05) is 18.2 Å². The highest BCUT2D eigenvalue weighted by atomic mass is 16.2. The van der Waals surface area contributed by atoms with Crippen molar-refractivity contribution >= 4 is 11.8 Å². The lowest BCUT2D eigenvalue weighted by Crippen LogP contribution is -2.11. The van der Waals surface area contributed by atoms with Crippen LogP contribution < -0.4 is 5.73 Å². The van der Waals surface area contributed by atoms with Gasteiger partial charge in [0.05, 0.1) is 0 Å². The van der Waals surface area contributed by atoms with Crippen LogP contribution >= 0.6 is 0 Å². The Hall–Kier alpha value is -1.28. The standard InChI is InChI=1S/C14H21NO/c1-14(2,3)12-7-8-13(15)11(10-12)6-4-5-9-16/h4,6-8,10,16H,5,9,15H2,1-3H3. The number of aliphatic hydroxyl groups is 1. The normalized spacial score (nSPS) is 12.2. The van der Waals surface area contributed by atoms with Crippen LogP contribution in [0.25, 0.3) is 6.08 Å². The van der Waals surface area contributed by atoms with Crippen molar-refractivity contribution in [2.45, 2.75) is 32.6 Å². The minimum absolute atomic E-state index is 0.132. The van der Waals surface area contributed by atoms with Crippen molar-refractivity contribution in [2.75, 3.05) is 12.3 Å². The molecule has 0 radical (unpaired) electrons. The average molecular weight is 219 g/mol. The number of hydrogen-bond acceptors (Lipinski definition) is 2. The van der Waals surface area contributed by atoms with Crippen molar-refractivity contribution in [1.29, 1.82) is 0 Å². The molecule has 0 heterocycles. The molecule has 0 aliphatic heterocycles. The van der Waals surface area contributed by atoms with E-state index in [1.54, 1.807) is 0 Å². The van der Waals surface area contributed by atoms with Crippen LogP contribution in [-0.4, -0.2) is 11.7 Å². The van der Waals surface area contributed by atoms with Crippen molar-refractivity contribution in [1.82, 2.24) is 0 Å². The lowest BCUT2D eigenvalue weighted by atomic mass is 9.86. The molecule has 0 unspecified atom stereocenters. The molecule has 1 rings (SSSR count). The molecule has 2 heteroatoms. The molecule has 0 aliphatic carbocycles. The Morgan fingerprint density at radius 1 is 1.31 bits per heavy atom. The molecule has 2 nitrogen and oxygen atoms in total. The summed E-state index contributed by atoms with van der Waals surface area (Å²) in [4.78, 5) is 0. The van der Waals surface area contributed by atoms with Gasteiger partial charge in [0.1, 0.15) is 0 Å². The molecule has 0 saturated heterocycles. The van der Waals surface area contributed by atoms with Gasteiger partial charge >= 0.3 is 0 Å². The summed E-state index contributed by atoms with van der Waals surface area (Å²) in [5, 5.41) is 8.71. The van der Waals surface area contributed by atoms with Gasteiger partial charge in [0, 0.05) is 12.3 Å². The van der Waals surface area contributed by atoms with Crippen molar-refractivity contribution in [3.63, 3.8) is 0 Å². The van der Waals surface area contributed by atoms with E-state index < -0.39 is 0 Å². The summed E-state index contributed by atoms with van der Waals surface area (Å²) in [5.74, 6) is 0. The van der Waals surface area contributed by atoms with E-state index in [0.29, 0.717) is 6.42 Å². The molecule has 0 aliphatic rings. The SMILES string of the molecule is CC(C)(C)c1ccc(N)c(C=CCCO)c1. The predicted octanol–water partition coefficient (Wildman–Crippen LogP) is 2.96. The zero-order valence-electron chi connectivity index (χ0n) is 10.3. The highest BCUT2D eigenvalue weighted by molar-refractivity contribution is 5.65. The molecule has 0 fully saturated rings. The van der Waals surface area contributed by atoms with Gasteiger partial charge in [-0.15, -0.1) is 0 Å². The van der Waals surface area contributed by atoms with E-state index >= 15 is 0 Å². The molecule has 0 saturated carbocycles. The third-order valence-electron chi connectivity index (χ3n) is 2.55. The molecular weight excluding hydrogens is 198 g/mol. The molecule has 0 aromatic heterocycles. The maximum Gasteiger partial charge on any atom is 0.0465 e. The molecule has 1 aromatic carbocycles. The van der Waals surface area contributed by atoms with Gasteiger partial charge in [-0.05, 0) is 35.1 Å². The van der Waals surface area contributed by atoms with Crippen molar-refractivity contribution < 1.29 is 5.11 Å². The van der Waals surface area contributed by atoms with Gasteiger partial charge in [-0.1, -0.05) is 39.0 Å². The lowest BCUT2D eigenvalue weighted by Gasteiger charge is -2.20. The molecule has 0 atom stereocenters. The largest absolute Gasteiger partial charge is 0.398 e. The molecule has 0 bridgehead atoms. The Balaban J connectivity index is 3.00. The van der Waals surface area contributed by atoms with E-state index in [1.165, 1.54) is 5.56 Å². The second kappa shape index (κ2) is 5.17. The minimum atomic E-state index is 0.132. The molecule has 88 valence electrons. The Morgan fingerprint density at radius 2 is 2.00 bits per heavy atom. The van der Waals surface area contributed by atoms with Crippen LogP contribution in [0.4, 0.5) is 5.69 Å². The number of benzene rings is 1. The number of rotatable bonds is 3. The second-order valence-electron chi connectivity index (χ2n) is 5.01. The fourth-order valence-corrected chi connectivity index (χ4v) is 1.47. The summed E-state index contributed by atoms with van der Waals surface area (Å²) in [6.07, 6.45) is 4.58. The van der Waals surface area contributed by atoms with Gasteiger partial charge in [0.2, 0.25) is 0 Å². The first-order chi connectivity index (χ1) is 7.45. The summed E-state index contributed by atoms with van der Waals surface area (Å²) >= 11 is 0. The highest BCUT2D eigenvalue weighted by Crippen LogP contribution is 2.26. The highest BCUT2D eigenvalue weighted by Gasteiger charge is 2.13. The first-order valence-corrected chi connectivity index (χ1v) is 5.62. The number of nitrogen functional groups attached to an aromatic ring is 1. The molecule has 3 N–H and O–H groups in total. The topological polar surface area (TPSA) is 46.2 Å². The van der Waals surface area contributed by atoms with Crippen LogP contribution in [0.3, 0.4) is 0 Å². The Morgan fingerprint density at radius 3 is 2.56 bits per heavy atom. The van der Waals surface area contributed by atoms with Crippen LogP contribution in [0.5, 0.6) is 0 Å². The van der Waals surface area contributed by atoms with Crippen molar-refractivity contribution in [2.24, 2.45) is 0 Å². The number of anilines is 1. The maximum atomic E-state index is 8.71. The van der Waals surface area contributed by atoms with Gasteiger partial charge in [0.25, 0.3) is 0 Å². The minimum Gasteiger partial charge on any atom is -0.398 e. The molecule has 0 amide bonds. The first kappa shape index (κ1) is 12.8. The summed E-state index contributed by atoms with van der Waals surface area (Å²) in [6, 6.07) is 6.13. The lowest BCUT2D eigenvalue weighted by molar-refractivity contribution is 0.303. The fraction of sp³-hybridized carbons (Fsp3) is 0.429. The van der Waals surface area contributed by atoms with Gasteiger partial charge in [-0.2, -0.15) is 0 Å². The van der Waals surface area contributed by atoms with Crippen molar-refractivity contribution in [3.8, 4) is 0 Å². The second-order valence-corrected chi connectivity index (χ2v) is 5.01. The Kier molecular flexibility index (Phi) is 4.13. The average Bonchev–Trinajstić information content (AvgIpc) is 2.19. The summed E-state index contributed by atoms with van der Waals surface area (Å²) in [6.45, 7) is 6.72. The summed E-state index contributed by atoms with van der Waals surface area (Å²) in [7, 11) is 0. The Bertz CT molecular complexity index is 375. The molecule has 16 heavy (non-hydrogen) atoms. The summed E-state index contributed by atoms with van der Waals surface area (Å²) in [5.41, 5.74) is 9.11.